The van der Waals surface area contributed by atoms with Crippen molar-refractivity contribution in [3.8, 4) is 34.5 Å². The maximum absolute atomic E-state index is 12.6. The first-order valence-corrected chi connectivity index (χ1v) is 11.4. The second-order valence-electron chi connectivity index (χ2n) is 8.17. The number of para-hydroxylation sites is 2. The second kappa shape index (κ2) is 8.89. The van der Waals surface area contributed by atoms with Gasteiger partial charge in [0.1, 0.15) is 25.0 Å². The maximum Gasteiger partial charge on any atom is 0.259 e. The summed E-state index contributed by atoms with van der Waals surface area (Å²) >= 11 is 0. The normalized spacial score (nSPS) is 12.9. The Balaban J connectivity index is 1.52. The van der Waals surface area contributed by atoms with E-state index in [4.69, 9.17) is 14.6 Å². The smallest absolute Gasteiger partial charge is 0.259 e. The number of benzene rings is 3. The Hall–Kier alpha value is -5.16. The molecule has 0 saturated heterocycles. The summed E-state index contributed by atoms with van der Waals surface area (Å²) in [4.78, 5) is 19.9. The van der Waals surface area contributed by atoms with Crippen molar-refractivity contribution in [1.29, 1.82) is 5.26 Å². The molecule has 0 fully saturated rings. The molecule has 0 saturated carbocycles. The van der Waals surface area contributed by atoms with Gasteiger partial charge in [-0.1, -0.05) is 30.3 Å². The largest absolute Gasteiger partial charge is 0.486 e. The number of nitrogens with one attached hydrogen (secondary N) is 1. The molecule has 0 radical (unpaired) electrons. The lowest BCUT2D eigenvalue weighted by Crippen LogP contribution is -2.15. The van der Waals surface area contributed by atoms with Crippen LogP contribution in [-0.2, 0) is 0 Å². The molecule has 0 spiro atoms. The van der Waals surface area contributed by atoms with E-state index in [1.54, 1.807) is 35.0 Å². The molecule has 1 aliphatic heterocycles. The number of fused-ring (bicyclic) bond motifs is 2. The fourth-order valence-corrected chi connectivity index (χ4v) is 4.14. The first kappa shape index (κ1) is 21.4. The highest BCUT2D eigenvalue weighted by atomic mass is 16.6. The quantitative estimate of drug-likeness (QED) is 0.382. The fourth-order valence-electron chi connectivity index (χ4n) is 4.14. The van der Waals surface area contributed by atoms with Crippen molar-refractivity contribution < 1.29 is 9.47 Å². The molecule has 0 aliphatic carbocycles. The van der Waals surface area contributed by atoms with E-state index in [-0.39, 0.29) is 17.0 Å². The molecule has 0 bridgehead atoms. The van der Waals surface area contributed by atoms with Crippen LogP contribution in [0.2, 0.25) is 0 Å². The number of nitrogens with zero attached hydrogens (tertiary/aromatic N) is 4. The lowest BCUT2D eigenvalue weighted by Gasteiger charge is -2.18. The number of H-pyrrole nitrogens is 1. The molecule has 0 unspecified atom stereocenters. The SMILES string of the molecule is N#C/C(=C\c1cn(-c2ccccc2)nc1-c1ccc2c(c1)OCCO2)c1nc2ccccc2c(=O)[nH]1. The third-order valence-electron chi connectivity index (χ3n) is 5.87. The molecule has 5 aromatic rings. The predicted molar refractivity (Wildman–Crippen MR) is 136 cm³/mol. The van der Waals surface area contributed by atoms with Crippen LogP contribution in [0.25, 0.3) is 39.5 Å². The molecule has 3 heterocycles. The minimum atomic E-state index is -0.302. The Kier molecular flexibility index (Phi) is 5.28. The van der Waals surface area contributed by atoms with Crippen LogP contribution in [0, 0.1) is 11.3 Å². The van der Waals surface area contributed by atoms with Crippen LogP contribution in [-0.4, -0.2) is 33.0 Å². The number of nitriles is 1. The van der Waals surface area contributed by atoms with E-state index in [1.807, 2.05) is 54.7 Å². The van der Waals surface area contributed by atoms with Crippen molar-refractivity contribution in [3.05, 3.63) is 101 Å². The molecule has 0 atom stereocenters. The Morgan fingerprint density at radius 1 is 1.00 bits per heavy atom. The van der Waals surface area contributed by atoms with Gasteiger partial charge >= 0.3 is 0 Å². The van der Waals surface area contributed by atoms with Gasteiger partial charge in [-0.3, -0.25) is 4.79 Å². The molecule has 1 N–H and O–H groups in total. The lowest BCUT2D eigenvalue weighted by atomic mass is 10.0. The van der Waals surface area contributed by atoms with Crippen molar-refractivity contribution in [2.24, 2.45) is 0 Å². The number of hydrogen-bond acceptors (Lipinski definition) is 6. The van der Waals surface area contributed by atoms with E-state index < -0.39 is 0 Å². The maximum atomic E-state index is 12.6. The predicted octanol–water partition coefficient (Wildman–Crippen LogP) is 4.61. The zero-order valence-corrected chi connectivity index (χ0v) is 19.0. The molecular weight excluding hydrogens is 454 g/mol. The first-order valence-electron chi connectivity index (χ1n) is 11.4. The van der Waals surface area contributed by atoms with Crippen LogP contribution in [0.1, 0.15) is 11.4 Å². The Labute approximate surface area is 205 Å². The van der Waals surface area contributed by atoms with Crippen LogP contribution in [0.4, 0.5) is 0 Å². The molecule has 8 heteroatoms. The van der Waals surface area contributed by atoms with Gasteiger partial charge in [-0.05, 0) is 48.5 Å². The summed E-state index contributed by atoms with van der Waals surface area (Å²) in [6, 6.07) is 24.5. The van der Waals surface area contributed by atoms with Gasteiger partial charge in [0, 0.05) is 17.3 Å². The van der Waals surface area contributed by atoms with Crippen molar-refractivity contribution in [2.45, 2.75) is 0 Å². The average Bonchev–Trinajstić information content (AvgIpc) is 3.36. The van der Waals surface area contributed by atoms with Crippen LogP contribution in [0.3, 0.4) is 0 Å². The van der Waals surface area contributed by atoms with Gasteiger partial charge < -0.3 is 14.5 Å². The molecule has 174 valence electrons. The summed E-state index contributed by atoms with van der Waals surface area (Å²) in [5.41, 5.74) is 3.43. The summed E-state index contributed by atoms with van der Waals surface area (Å²) < 4.78 is 13.2. The van der Waals surface area contributed by atoms with Crippen LogP contribution in [0.5, 0.6) is 11.5 Å². The standard InChI is InChI=1S/C28H19N5O3/c29-16-19(27-30-23-9-5-4-8-22(23)28(34)31-27)14-20-17-33(21-6-2-1-3-7-21)32-26(20)18-10-11-24-25(15-18)36-13-12-35-24/h1-11,14-15,17H,12-13H2,(H,30,31,34)/b19-14+. The second-order valence-corrected chi connectivity index (χ2v) is 8.17. The minimum Gasteiger partial charge on any atom is -0.486 e. The summed E-state index contributed by atoms with van der Waals surface area (Å²) in [5.74, 6) is 1.52. The third-order valence-corrected chi connectivity index (χ3v) is 5.87. The van der Waals surface area contributed by atoms with Crippen molar-refractivity contribution >= 4 is 22.6 Å². The average molecular weight is 473 g/mol. The molecule has 1 aliphatic rings. The number of allylic oxidation sites excluding steroid dienone is 1. The number of hydrogen-bond donors (Lipinski definition) is 1. The fraction of sp³-hybridized carbons (Fsp3) is 0.0714. The number of aromatic nitrogens is 4. The molecule has 3 aromatic carbocycles. The topological polar surface area (TPSA) is 106 Å². The van der Waals surface area contributed by atoms with Crippen LogP contribution in [0.15, 0.2) is 83.8 Å². The molecule has 2 aromatic heterocycles. The van der Waals surface area contributed by atoms with Gasteiger partial charge in [0.25, 0.3) is 5.56 Å². The molecule has 8 nitrogen and oxygen atoms in total. The van der Waals surface area contributed by atoms with Gasteiger partial charge in [0.2, 0.25) is 0 Å². The first-order chi connectivity index (χ1) is 17.7. The highest BCUT2D eigenvalue weighted by molar-refractivity contribution is 5.91. The van der Waals surface area contributed by atoms with E-state index in [0.29, 0.717) is 46.9 Å². The summed E-state index contributed by atoms with van der Waals surface area (Å²) in [6.45, 7) is 0.979. The molecule has 0 amide bonds. The van der Waals surface area contributed by atoms with Gasteiger partial charge in [-0.2, -0.15) is 10.4 Å². The monoisotopic (exact) mass is 473 g/mol. The van der Waals surface area contributed by atoms with Crippen molar-refractivity contribution in [1.82, 2.24) is 19.7 Å². The van der Waals surface area contributed by atoms with E-state index in [2.05, 4.69) is 16.0 Å². The third kappa shape index (κ3) is 3.89. The minimum absolute atomic E-state index is 0.196. The highest BCUT2D eigenvalue weighted by Gasteiger charge is 2.18. The van der Waals surface area contributed by atoms with E-state index in [0.717, 1.165) is 11.3 Å². The summed E-state index contributed by atoms with van der Waals surface area (Å²) in [5, 5.41) is 15.3. The summed E-state index contributed by atoms with van der Waals surface area (Å²) in [6.07, 6.45) is 3.53. The Bertz CT molecular complexity index is 1730. The Morgan fingerprint density at radius 2 is 1.78 bits per heavy atom. The zero-order chi connectivity index (χ0) is 24.5. The van der Waals surface area contributed by atoms with Crippen LogP contribution < -0.4 is 15.0 Å². The number of rotatable bonds is 4. The van der Waals surface area contributed by atoms with E-state index in [1.165, 1.54) is 0 Å². The van der Waals surface area contributed by atoms with Crippen molar-refractivity contribution in [2.75, 3.05) is 13.2 Å². The van der Waals surface area contributed by atoms with Crippen molar-refractivity contribution in [3.63, 3.8) is 0 Å². The zero-order valence-electron chi connectivity index (χ0n) is 19.0. The number of aromatic amines is 1. The molecule has 36 heavy (non-hydrogen) atoms. The number of ether oxygens (including phenoxy) is 2. The summed E-state index contributed by atoms with van der Waals surface area (Å²) in [7, 11) is 0. The van der Waals surface area contributed by atoms with Gasteiger partial charge in [-0.15, -0.1) is 0 Å². The van der Waals surface area contributed by atoms with E-state index >= 15 is 0 Å². The van der Waals surface area contributed by atoms with E-state index in [9.17, 15) is 10.1 Å². The Morgan fingerprint density at radius 3 is 2.61 bits per heavy atom. The van der Waals surface area contributed by atoms with Crippen LogP contribution >= 0.6 is 0 Å². The van der Waals surface area contributed by atoms with Gasteiger partial charge in [-0.25, -0.2) is 9.67 Å². The lowest BCUT2D eigenvalue weighted by molar-refractivity contribution is 0.171. The van der Waals surface area contributed by atoms with Gasteiger partial charge in [0.15, 0.2) is 17.3 Å². The molecular formula is C28H19N5O3. The highest BCUT2D eigenvalue weighted by Crippen LogP contribution is 2.36. The van der Waals surface area contributed by atoms with Gasteiger partial charge in [0.05, 0.1) is 22.2 Å². The molecule has 6 rings (SSSR count).